The van der Waals surface area contributed by atoms with E-state index in [1.54, 1.807) is 4.90 Å². The van der Waals surface area contributed by atoms with Crippen LogP contribution in [0.1, 0.15) is 57.6 Å². The predicted octanol–water partition coefficient (Wildman–Crippen LogP) is 3.36. The molecular weight excluding hydrogens is 288 g/mol. The van der Waals surface area contributed by atoms with E-state index in [1.807, 2.05) is 18.3 Å². The van der Waals surface area contributed by atoms with E-state index in [-0.39, 0.29) is 24.3 Å². The maximum Gasteiger partial charge on any atom is 0.230 e. The number of fused-ring (bicyclic) bond motifs is 1. The lowest BCUT2D eigenvalue weighted by atomic mass is 9.74. The number of amides is 1. The lowest BCUT2D eigenvalue weighted by Crippen LogP contribution is -2.45. The summed E-state index contributed by atoms with van der Waals surface area (Å²) in [5.41, 5.74) is 1.89. The molecule has 0 saturated heterocycles. The van der Waals surface area contributed by atoms with E-state index in [4.69, 9.17) is 0 Å². The number of β-amino-alcohol motifs (C(OH)–C–C–N with tert-alkyl or cyclic N) is 1. The second-order valence-corrected chi connectivity index (χ2v) is 7.38. The number of hydrogen-bond donors (Lipinski definition) is 1. The highest BCUT2D eigenvalue weighted by atomic mass is 16.3. The first-order valence-corrected chi connectivity index (χ1v) is 8.99. The molecule has 1 aliphatic heterocycles. The molecule has 0 spiro atoms. The van der Waals surface area contributed by atoms with Crippen molar-refractivity contribution in [2.75, 3.05) is 18.1 Å². The zero-order valence-electron chi connectivity index (χ0n) is 14.2. The highest BCUT2D eigenvalue weighted by Gasteiger charge is 2.40. The van der Waals surface area contributed by atoms with Crippen molar-refractivity contribution in [1.82, 2.24) is 4.98 Å². The monoisotopic (exact) mass is 316 g/mol. The Balaban J connectivity index is 1.82. The van der Waals surface area contributed by atoms with Gasteiger partial charge in [0.25, 0.3) is 0 Å². The molecule has 0 radical (unpaired) electrons. The number of rotatable bonds is 4. The summed E-state index contributed by atoms with van der Waals surface area (Å²) < 4.78 is 0. The molecule has 4 heteroatoms. The average Bonchev–Trinajstić information content (AvgIpc) is 2.57. The van der Waals surface area contributed by atoms with Crippen LogP contribution in [0.25, 0.3) is 0 Å². The Morgan fingerprint density at radius 1 is 1.26 bits per heavy atom. The van der Waals surface area contributed by atoms with Gasteiger partial charge in [0.1, 0.15) is 0 Å². The molecule has 23 heavy (non-hydrogen) atoms. The van der Waals surface area contributed by atoms with Gasteiger partial charge in [-0.15, -0.1) is 0 Å². The highest BCUT2D eigenvalue weighted by molar-refractivity contribution is 5.98. The van der Waals surface area contributed by atoms with Crippen molar-refractivity contribution in [3.8, 4) is 0 Å². The lowest BCUT2D eigenvalue weighted by Gasteiger charge is -2.39. The third-order valence-corrected chi connectivity index (χ3v) is 5.77. The molecule has 4 nitrogen and oxygen atoms in total. The summed E-state index contributed by atoms with van der Waals surface area (Å²) in [6, 6.07) is 3.82. The minimum absolute atomic E-state index is 0.00218. The number of carbonyl (C=O) groups is 1. The Labute approximate surface area is 138 Å². The SMILES string of the molecule is CC1CCC(CC2C(=O)N(CCO)c3cccnc3C2C)CC1. The van der Waals surface area contributed by atoms with Crippen molar-refractivity contribution < 1.29 is 9.90 Å². The summed E-state index contributed by atoms with van der Waals surface area (Å²) in [4.78, 5) is 19.3. The van der Waals surface area contributed by atoms with E-state index >= 15 is 0 Å². The van der Waals surface area contributed by atoms with Crippen molar-refractivity contribution >= 4 is 11.6 Å². The number of aliphatic hydroxyl groups excluding tert-OH is 1. The molecule has 126 valence electrons. The molecule has 1 amide bonds. The molecule has 3 rings (SSSR count). The molecule has 2 heterocycles. The topological polar surface area (TPSA) is 53.4 Å². The summed E-state index contributed by atoms with van der Waals surface area (Å²) >= 11 is 0. The summed E-state index contributed by atoms with van der Waals surface area (Å²) in [5.74, 6) is 1.82. The van der Waals surface area contributed by atoms with Crippen LogP contribution in [0.15, 0.2) is 18.3 Å². The van der Waals surface area contributed by atoms with Gasteiger partial charge in [-0.05, 0) is 30.4 Å². The zero-order chi connectivity index (χ0) is 16.4. The minimum Gasteiger partial charge on any atom is -0.395 e. The average molecular weight is 316 g/mol. The van der Waals surface area contributed by atoms with Gasteiger partial charge in [0.05, 0.1) is 18.0 Å². The van der Waals surface area contributed by atoms with E-state index in [2.05, 4.69) is 18.8 Å². The van der Waals surface area contributed by atoms with Gasteiger partial charge in [-0.1, -0.05) is 39.5 Å². The quantitative estimate of drug-likeness (QED) is 0.926. The van der Waals surface area contributed by atoms with Gasteiger partial charge in [-0.2, -0.15) is 0 Å². The van der Waals surface area contributed by atoms with Crippen LogP contribution in [-0.2, 0) is 4.79 Å². The van der Waals surface area contributed by atoms with Crippen LogP contribution in [0, 0.1) is 17.8 Å². The highest BCUT2D eigenvalue weighted by Crippen LogP contribution is 2.42. The Morgan fingerprint density at radius 2 is 2.00 bits per heavy atom. The number of hydrogen-bond acceptors (Lipinski definition) is 3. The molecule has 2 atom stereocenters. The molecule has 1 fully saturated rings. The van der Waals surface area contributed by atoms with Crippen LogP contribution < -0.4 is 4.90 Å². The summed E-state index contributed by atoms with van der Waals surface area (Å²) in [5, 5.41) is 9.35. The third-order valence-electron chi connectivity index (χ3n) is 5.77. The fourth-order valence-electron chi connectivity index (χ4n) is 4.27. The fraction of sp³-hybridized carbons (Fsp3) is 0.684. The molecule has 0 aromatic carbocycles. The van der Waals surface area contributed by atoms with Crippen molar-refractivity contribution in [2.45, 2.75) is 51.9 Å². The number of nitrogens with zero attached hydrogens (tertiary/aromatic N) is 2. The Morgan fingerprint density at radius 3 is 2.70 bits per heavy atom. The number of anilines is 1. The predicted molar refractivity (Wildman–Crippen MR) is 91.3 cm³/mol. The smallest absolute Gasteiger partial charge is 0.230 e. The Kier molecular flexibility index (Phi) is 5.00. The molecule has 1 saturated carbocycles. The zero-order valence-corrected chi connectivity index (χ0v) is 14.2. The fourth-order valence-corrected chi connectivity index (χ4v) is 4.27. The van der Waals surface area contributed by atoms with E-state index in [1.165, 1.54) is 25.7 Å². The molecule has 1 aromatic heterocycles. The van der Waals surface area contributed by atoms with Crippen molar-refractivity contribution in [3.05, 3.63) is 24.0 Å². The van der Waals surface area contributed by atoms with Crippen LogP contribution in [0.3, 0.4) is 0 Å². The number of carbonyl (C=O) groups excluding carboxylic acids is 1. The van der Waals surface area contributed by atoms with Crippen molar-refractivity contribution in [2.24, 2.45) is 17.8 Å². The summed E-state index contributed by atoms with van der Waals surface area (Å²) in [7, 11) is 0. The largest absolute Gasteiger partial charge is 0.395 e. The molecule has 1 N–H and O–H groups in total. The second-order valence-electron chi connectivity index (χ2n) is 7.38. The van der Waals surface area contributed by atoms with Crippen LogP contribution in [0.4, 0.5) is 5.69 Å². The molecular formula is C19H28N2O2. The van der Waals surface area contributed by atoms with Gasteiger partial charge < -0.3 is 10.0 Å². The summed E-state index contributed by atoms with van der Waals surface area (Å²) in [6.45, 7) is 4.81. The third kappa shape index (κ3) is 3.27. The van der Waals surface area contributed by atoms with E-state index < -0.39 is 0 Å². The lowest BCUT2D eigenvalue weighted by molar-refractivity contribution is -0.124. The van der Waals surface area contributed by atoms with Gasteiger partial charge in [0, 0.05) is 24.6 Å². The van der Waals surface area contributed by atoms with E-state index in [0.717, 1.165) is 23.7 Å². The number of pyridine rings is 1. The molecule has 1 aromatic rings. The molecule has 2 aliphatic rings. The molecule has 1 aliphatic carbocycles. The van der Waals surface area contributed by atoms with Crippen LogP contribution in [0.2, 0.25) is 0 Å². The van der Waals surface area contributed by atoms with Crippen LogP contribution >= 0.6 is 0 Å². The van der Waals surface area contributed by atoms with Crippen LogP contribution in [0.5, 0.6) is 0 Å². The molecule has 2 unspecified atom stereocenters. The van der Waals surface area contributed by atoms with Gasteiger partial charge in [0.2, 0.25) is 5.91 Å². The van der Waals surface area contributed by atoms with Crippen molar-refractivity contribution in [3.63, 3.8) is 0 Å². The van der Waals surface area contributed by atoms with Gasteiger partial charge in [-0.3, -0.25) is 9.78 Å². The maximum absolute atomic E-state index is 13.0. The maximum atomic E-state index is 13.0. The van der Waals surface area contributed by atoms with Crippen LogP contribution in [-0.4, -0.2) is 29.1 Å². The summed E-state index contributed by atoms with van der Waals surface area (Å²) in [6.07, 6.45) is 7.83. The van der Waals surface area contributed by atoms with E-state index in [0.29, 0.717) is 12.5 Å². The standard InChI is InChI=1S/C19H28N2O2/c1-13-5-7-15(8-6-13)12-16-14(2)18-17(4-3-9-20-18)21(10-11-22)19(16)23/h3-4,9,13-16,22H,5-8,10-12H2,1-2H3. The normalized spacial score (nSPS) is 31.1. The Hall–Kier alpha value is -1.42. The van der Waals surface area contributed by atoms with Gasteiger partial charge in [-0.25, -0.2) is 0 Å². The van der Waals surface area contributed by atoms with E-state index in [9.17, 15) is 9.90 Å². The first kappa shape index (κ1) is 16.4. The first-order valence-electron chi connectivity index (χ1n) is 8.99. The Bertz CT molecular complexity index is 552. The number of aromatic nitrogens is 1. The second kappa shape index (κ2) is 7.00. The van der Waals surface area contributed by atoms with Crippen molar-refractivity contribution in [1.29, 1.82) is 0 Å². The van der Waals surface area contributed by atoms with Gasteiger partial charge >= 0.3 is 0 Å². The van der Waals surface area contributed by atoms with Gasteiger partial charge in [0.15, 0.2) is 0 Å². The molecule has 0 bridgehead atoms. The first-order chi connectivity index (χ1) is 11.1. The minimum atomic E-state index is -0.0118. The number of aliphatic hydroxyl groups is 1.